The van der Waals surface area contributed by atoms with Crippen molar-refractivity contribution < 1.29 is 13.2 Å². The second kappa shape index (κ2) is 8.02. The number of benzene rings is 2. The van der Waals surface area contributed by atoms with E-state index in [4.69, 9.17) is 5.10 Å². The van der Waals surface area contributed by atoms with Gasteiger partial charge in [0.2, 0.25) is 0 Å². The second-order valence-electron chi connectivity index (χ2n) is 9.10. The highest BCUT2D eigenvalue weighted by Gasteiger charge is 2.38. The van der Waals surface area contributed by atoms with E-state index in [0.717, 1.165) is 28.2 Å². The van der Waals surface area contributed by atoms with Crippen LogP contribution in [0.25, 0.3) is 0 Å². The van der Waals surface area contributed by atoms with E-state index < -0.39 is 16.0 Å². The lowest BCUT2D eigenvalue weighted by Gasteiger charge is -2.38. The van der Waals surface area contributed by atoms with Crippen molar-refractivity contribution in [3.63, 3.8) is 0 Å². The van der Waals surface area contributed by atoms with Crippen molar-refractivity contribution in [2.24, 2.45) is 0 Å². The van der Waals surface area contributed by atoms with Crippen LogP contribution >= 0.6 is 0 Å². The number of hydrogen-bond acceptors (Lipinski definition) is 5. The fraction of sp³-hybridized carbons (Fsp3) is 0.360. The van der Waals surface area contributed by atoms with Crippen LogP contribution in [0, 0.1) is 20.8 Å². The third-order valence-corrected chi connectivity index (χ3v) is 8.45. The van der Waals surface area contributed by atoms with Gasteiger partial charge in [-0.05, 0) is 44.9 Å². The minimum atomic E-state index is -3.03. The molecule has 0 saturated carbocycles. The molecule has 0 radical (unpaired) electrons. The highest BCUT2D eigenvalue weighted by atomic mass is 32.2. The van der Waals surface area contributed by atoms with Gasteiger partial charge in [0.15, 0.2) is 9.84 Å². The van der Waals surface area contributed by atoms with E-state index >= 15 is 0 Å². The zero-order chi connectivity index (χ0) is 23.3. The maximum Gasteiger partial charge on any atom is 0.258 e. The third-order valence-electron chi connectivity index (χ3n) is 6.70. The van der Waals surface area contributed by atoms with Crippen molar-refractivity contribution in [2.75, 3.05) is 16.8 Å². The zero-order valence-electron chi connectivity index (χ0n) is 19.1. The Morgan fingerprint density at radius 3 is 2.48 bits per heavy atom. The molecule has 2 atom stereocenters. The minimum absolute atomic E-state index is 0.0371. The first-order valence-electron chi connectivity index (χ1n) is 11.2. The van der Waals surface area contributed by atoms with Crippen molar-refractivity contribution in [3.05, 3.63) is 82.2 Å². The van der Waals surface area contributed by atoms with Crippen molar-refractivity contribution in [2.45, 2.75) is 45.9 Å². The Labute approximate surface area is 194 Å². The van der Waals surface area contributed by atoms with Crippen molar-refractivity contribution in [1.82, 2.24) is 14.7 Å². The van der Waals surface area contributed by atoms with E-state index in [2.05, 4.69) is 17.4 Å². The Kier molecular flexibility index (Phi) is 5.28. The monoisotopic (exact) mass is 464 g/mol. The van der Waals surface area contributed by atoms with E-state index in [1.54, 1.807) is 0 Å². The van der Waals surface area contributed by atoms with Gasteiger partial charge in [0.25, 0.3) is 5.91 Å². The summed E-state index contributed by atoms with van der Waals surface area (Å²) in [6.45, 7) is 6.39. The summed E-state index contributed by atoms with van der Waals surface area (Å²) in [5.74, 6) is 0.268. The van der Waals surface area contributed by atoms with E-state index in [1.807, 2.05) is 66.8 Å². The van der Waals surface area contributed by atoms with Crippen molar-refractivity contribution in [1.29, 1.82) is 0 Å². The molecule has 8 heteroatoms. The summed E-state index contributed by atoms with van der Waals surface area (Å²) < 4.78 is 26.0. The Morgan fingerprint density at radius 2 is 1.79 bits per heavy atom. The summed E-state index contributed by atoms with van der Waals surface area (Å²) in [5.41, 5.74) is 6.28. The molecule has 7 nitrogen and oxygen atoms in total. The van der Waals surface area contributed by atoms with E-state index in [9.17, 15) is 13.2 Å². The number of hydrogen-bond donors (Lipinski definition) is 1. The maximum absolute atomic E-state index is 13.6. The molecule has 172 valence electrons. The highest BCUT2D eigenvalue weighted by Crippen LogP contribution is 2.38. The predicted molar refractivity (Wildman–Crippen MR) is 128 cm³/mol. The molecule has 1 fully saturated rings. The van der Waals surface area contributed by atoms with Crippen LogP contribution in [0.3, 0.4) is 0 Å². The van der Waals surface area contributed by atoms with Gasteiger partial charge in [-0.3, -0.25) is 9.48 Å². The first-order chi connectivity index (χ1) is 15.7. The lowest BCUT2D eigenvalue weighted by Crippen LogP contribution is -2.42. The largest absolute Gasteiger partial charge is 0.361 e. The third kappa shape index (κ3) is 3.93. The van der Waals surface area contributed by atoms with Gasteiger partial charge in [-0.1, -0.05) is 42.0 Å². The molecule has 3 heterocycles. The number of fused-ring (bicyclic) bond motifs is 1. The van der Waals surface area contributed by atoms with Crippen LogP contribution < -0.4 is 5.32 Å². The summed E-state index contributed by atoms with van der Waals surface area (Å²) in [5, 5.41) is 8.30. The number of rotatable bonds is 4. The fourth-order valence-corrected chi connectivity index (χ4v) is 6.66. The van der Waals surface area contributed by atoms with E-state index in [1.165, 1.54) is 5.56 Å². The normalized spacial score (nSPS) is 21.7. The van der Waals surface area contributed by atoms with Crippen LogP contribution in [0.4, 0.5) is 5.69 Å². The number of nitrogens with one attached hydrogen (secondary N) is 1. The van der Waals surface area contributed by atoms with E-state index in [0.29, 0.717) is 18.5 Å². The fourth-order valence-electron chi connectivity index (χ4n) is 4.97. The summed E-state index contributed by atoms with van der Waals surface area (Å²) >= 11 is 0. The first kappa shape index (κ1) is 21.7. The van der Waals surface area contributed by atoms with Gasteiger partial charge >= 0.3 is 0 Å². The topological polar surface area (TPSA) is 84.3 Å². The van der Waals surface area contributed by atoms with Crippen LogP contribution in [-0.4, -0.2) is 40.5 Å². The molecule has 5 rings (SSSR count). The van der Waals surface area contributed by atoms with Crippen LogP contribution in [-0.2, 0) is 16.4 Å². The average Bonchev–Trinajstić information content (AvgIpc) is 3.29. The minimum Gasteiger partial charge on any atom is -0.361 e. The number of carbonyl (C=O) groups is 1. The number of carbonyl (C=O) groups excluding carboxylic acids is 1. The predicted octanol–water partition coefficient (Wildman–Crippen LogP) is 3.93. The highest BCUT2D eigenvalue weighted by molar-refractivity contribution is 7.91. The number of anilines is 1. The Morgan fingerprint density at radius 1 is 1.06 bits per heavy atom. The van der Waals surface area contributed by atoms with Crippen LogP contribution in [0.1, 0.15) is 57.1 Å². The smallest absolute Gasteiger partial charge is 0.258 e. The van der Waals surface area contributed by atoms with Gasteiger partial charge < -0.3 is 10.2 Å². The SMILES string of the molecule is Cc1ccc(CN2C(=O)c3ccccc3N[C@@H]2c2c(C)nn([C@H]3CCS(=O)(=O)C3)c2C)cc1. The number of aromatic nitrogens is 2. The summed E-state index contributed by atoms with van der Waals surface area (Å²) in [6.07, 6.45) is 0.164. The Hall–Kier alpha value is -3.13. The molecule has 2 aromatic carbocycles. The summed E-state index contributed by atoms with van der Waals surface area (Å²) in [6, 6.07) is 15.6. The lowest BCUT2D eigenvalue weighted by molar-refractivity contribution is 0.0665. The van der Waals surface area contributed by atoms with Gasteiger partial charge in [0.05, 0.1) is 28.8 Å². The molecule has 1 saturated heterocycles. The molecular weight excluding hydrogens is 436 g/mol. The maximum atomic E-state index is 13.6. The first-order valence-corrected chi connectivity index (χ1v) is 13.0. The van der Waals surface area contributed by atoms with Gasteiger partial charge in [0.1, 0.15) is 6.17 Å². The number of para-hydroxylation sites is 1. The Bertz CT molecular complexity index is 1330. The van der Waals surface area contributed by atoms with Crippen LogP contribution in [0.15, 0.2) is 48.5 Å². The number of aryl methyl sites for hydroxylation is 2. The zero-order valence-corrected chi connectivity index (χ0v) is 19.9. The molecule has 0 unspecified atom stereocenters. The van der Waals surface area contributed by atoms with Crippen LogP contribution in [0.2, 0.25) is 0 Å². The van der Waals surface area contributed by atoms with Gasteiger partial charge in [-0.2, -0.15) is 5.10 Å². The van der Waals surface area contributed by atoms with Crippen LogP contribution in [0.5, 0.6) is 0 Å². The average molecular weight is 465 g/mol. The summed E-state index contributed by atoms with van der Waals surface area (Å²) in [4.78, 5) is 15.5. The molecule has 1 aromatic heterocycles. The second-order valence-corrected chi connectivity index (χ2v) is 11.3. The molecule has 2 aliphatic heterocycles. The standard InChI is InChI=1S/C25H28N4O3S/c1-16-8-10-19(11-9-16)14-28-24(26-22-7-5-4-6-21(22)25(28)30)23-17(2)27-29(18(23)3)20-12-13-33(31,32)15-20/h4-11,20,24,26H,12-15H2,1-3H3/t20-,24-/m0/s1. The molecule has 0 spiro atoms. The molecule has 3 aromatic rings. The van der Waals surface area contributed by atoms with Crippen molar-refractivity contribution in [3.8, 4) is 0 Å². The lowest BCUT2D eigenvalue weighted by atomic mass is 10.0. The van der Waals surface area contributed by atoms with Gasteiger partial charge in [0, 0.05) is 23.5 Å². The molecule has 0 aliphatic carbocycles. The number of nitrogens with zero attached hydrogens (tertiary/aromatic N) is 3. The quantitative estimate of drug-likeness (QED) is 0.632. The molecule has 1 amide bonds. The molecule has 33 heavy (non-hydrogen) atoms. The number of amides is 1. The molecular formula is C25H28N4O3S. The van der Waals surface area contributed by atoms with Gasteiger partial charge in [-0.15, -0.1) is 0 Å². The molecule has 2 aliphatic rings. The summed E-state index contributed by atoms with van der Waals surface area (Å²) in [7, 11) is -3.03. The van der Waals surface area contributed by atoms with E-state index in [-0.39, 0.29) is 23.5 Å². The molecule has 0 bridgehead atoms. The number of sulfone groups is 1. The Balaban J connectivity index is 1.57. The van der Waals surface area contributed by atoms with Crippen molar-refractivity contribution >= 4 is 21.4 Å². The van der Waals surface area contributed by atoms with Gasteiger partial charge in [-0.25, -0.2) is 8.42 Å². The molecule has 1 N–H and O–H groups in total.